The number of ether oxygens (including phenoxy) is 1. The number of nitrogens with zero attached hydrogens (tertiary/aromatic N) is 2. The Morgan fingerprint density at radius 2 is 1.84 bits per heavy atom. The van der Waals surface area contributed by atoms with E-state index in [0.29, 0.717) is 0 Å². The molecular weight excluding hydrogens is 240 g/mol. The minimum Gasteiger partial charge on any atom is -0.508 e. The number of hydrogen-bond acceptors (Lipinski definition) is 4. The van der Waals surface area contributed by atoms with Gasteiger partial charge in [-0.2, -0.15) is 0 Å². The molecule has 0 bridgehead atoms. The van der Waals surface area contributed by atoms with Crippen LogP contribution in [0.5, 0.6) is 5.75 Å². The smallest absolute Gasteiger partial charge is 0.129 e. The van der Waals surface area contributed by atoms with Crippen LogP contribution in [0.4, 0.5) is 5.82 Å². The molecule has 3 rings (SSSR count). The van der Waals surface area contributed by atoms with Crippen molar-refractivity contribution >= 4 is 5.82 Å². The van der Waals surface area contributed by atoms with Gasteiger partial charge in [0.05, 0.1) is 13.2 Å². The fourth-order valence-corrected chi connectivity index (χ4v) is 2.25. The third-order valence-corrected chi connectivity index (χ3v) is 3.26. The summed E-state index contributed by atoms with van der Waals surface area (Å²) in [5, 5.41) is 9.55. The number of rotatable bonds is 2. The number of anilines is 1. The highest BCUT2D eigenvalue weighted by atomic mass is 16.5. The second kappa shape index (κ2) is 5.28. The van der Waals surface area contributed by atoms with E-state index in [-0.39, 0.29) is 5.75 Å². The first-order valence-corrected chi connectivity index (χ1v) is 6.41. The number of aromatic hydroxyl groups is 1. The Hall–Kier alpha value is -2.07. The maximum atomic E-state index is 9.55. The molecule has 1 saturated heterocycles. The van der Waals surface area contributed by atoms with Gasteiger partial charge in [0.25, 0.3) is 0 Å². The molecule has 1 aromatic heterocycles. The number of phenolic OH excluding ortho intramolecular Hbond substituents is 1. The van der Waals surface area contributed by atoms with Crippen molar-refractivity contribution in [1.29, 1.82) is 0 Å². The van der Waals surface area contributed by atoms with Crippen LogP contribution in [0.3, 0.4) is 0 Å². The normalized spacial score (nSPS) is 15.5. The summed E-state index contributed by atoms with van der Waals surface area (Å²) >= 11 is 0. The molecule has 98 valence electrons. The van der Waals surface area contributed by atoms with Gasteiger partial charge in [-0.15, -0.1) is 0 Å². The SMILES string of the molecule is Oc1cccc(-c2ccnc(N3CCOCC3)c2)c1. The van der Waals surface area contributed by atoms with Crippen LogP contribution in [0.2, 0.25) is 0 Å². The number of aromatic nitrogens is 1. The molecule has 0 spiro atoms. The fraction of sp³-hybridized carbons (Fsp3) is 0.267. The molecule has 1 aliphatic rings. The summed E-state index contributed by atoms with van der Waals surface area (Å²) < 4.78 is 5.35. The number of pyridine rings is 1. The molecular formula is C15H16N2O2. The van der Waals surface area contributed by atoms with Gasteiger partial charge in [-0.3, -0.25) is 0 Å². The minimum atomic E-state index is 0.280. The van der Waals surface area contributed by atoms with E-state index < -0.39 is 0 Å². The topological polar surface area (TPSA) is 45.6 Å². The van der Waals surface area contributed by atoms with Gasteiger partial charge in [0.1, 0.15) is 11.6 Å². The molecule has 0 aliphatic carbocycles. The lowest BCUT2D eigenvalue weighted by Crippen LogP contribution is -2.36. The van der Waals surface area contributed by atoms with Gasteiger partial charge in [-0.25, -0.2) is 4.98 Å². The molecule has 1 fully saturated rings. The number of morpholine rings is 1. The molecule has 1 aliphatic heterocycles. The predicted octanol–water partition coefficient (Wildman–Crippen LogP) is 2.29. The molecule has 0 radical (unpaired) electrons. The molecule has 0 atom stereocenters. The summed E-state index contributed by atoms with van der Waals surface area (Å²) in [5.74, 6) is 1.24. The summed E-state index contributed by atoms with van der Waals surface area (Å²) in [4.78, 5) is 6.64. The number of phenols is 1. The molecule has 1 N–H and O–H groups in total. The van der Waals surface area contributed by atoms with Crippen molar-refractivity contribution in [3.05, 3.63) is 42.6 Å². The lowest BCUT2D eigenvalue weighted by Gasteiger charge is -2.28. The van der Waals surface area contributed by atoms with E-state index in [9.17, 15) is 5.11 Å². The van der Waals surface area contributed by atoms with E-state index in [0.717, 1.165) is 43.2 Å². The number of hydrogen-bond donors (Lipinski definition) is 1. The highest BCUT2D eigenvalue weighted by Crippen LogP contribution is 2.25. The summed E-state index contributed by atoms with van der Waals surface area (Å²) in [6.45, 7) is 3.24. The van der Waals surface area contributed by atoms with Gasteiger partial charge in [-0.05, 0) is 35.4 Å². The maximum absolute atomic E-state index is 9.55. The van der Waals surface area contributed by atoms with Gasteiger partial charge < -0.3 is 14.7 Å². The fourth-order valence-electron chi connectivity index (χ4n) is 2.25. The Morgan fingerprint density at radius 1 is 1.05 bits per heavy atom. The molecule has 0 saturated carbocycles. The van der Waals surface area contributed by atoms with Crippen LogP contribution in [-0.2, 0) is 4.74 Å². The van der Waals surface area contributed by atoms with Crippen LogP contribution in [0.1, 0.15) is 0 Å². The standard InChI is InChI=1S/C15H16N2O2/c18-14-3-1-2-12(10-14)13-4-5-16-15(11-13)17-6-8-19-9-7-17/h1-5,10-11,18H,6-9H2. The van der Waals surface area contributed by atoms with Gasteiger partial charge in [0.2, 0.25) is 0 Å². The largest absolute Gasteiger partial charge is 0.508 e. The van der Waals surface area contributed by atoms with E-state index in [1.807, 2.05) is 24.4 Å². The Kier molecular flexibility index (Phi) is 3.33. The third-order valence-electron chi connectivity index (χ3n) is 3.26. The summed E-state index contributed by atoms with van der Waals surface area (Å²) in [7, 11) is 0. The Labute approximate surface area is 112 Å². The Morgan fingerprint density at radius 3 is 2.63 bits per heavy atom. The van der Waals surface area contributed by atoms with Crippen molar-refractivity contribution in [3.63, 3.8) is 0 Å². The molecule has 2 aromatic rings. The molecule has 0 unspecified atom stereocenters. The maximum Gasteiger partial charge on any atom is 0.129 e. The van der Waals surface area contributed by atoms with Gasteiger partial charge in [0, 0.05) is 19.3 Å². The summed E-state index contributed by atoms with van der Waals surface area (Å²) in [5.41, 5.74) is 2.06. The average Bonchev–Trinajstić information content (AvgIpc) is 2.48. The van der Waals surface area contributed by atoms with Crippen molar-refractivity contribution in [3.8, 4) is 16.9 Å². The molecule has 4 nitrogen and oxygen atoms in total. The highest BCUT2D eigenvalue weighted by Gasteiger charge is 2.12. The zero-order valence-electron chi connectivity index (χ0n) is 10.6. The lowest BCUT2D eigenvalue weighted by molar-refractivity contribution is 0.122. The Balaban J connectivity index is 1.91. The summed E-state index contributed by atoms with van der Waals surface area (Å²) in [6.07, 6.45) is 1.81. The predicted molar refractivity (Wildman–Crippen MR) is 74.4 cm³/mol. The molecule has 1 aromatic carbocycles. The van der Waals surface area contributed by atoms with Crippen LogP contribution < -0.4 is 4.90 Å². The second-order valence-corrected chi connectivity index (χ2v) is 4.55. The van der Waals surface area contributed by atoms with Crippen molar-refractivity contribution in [2.45, 2.75) is 0 Å². The second-order valence-electron chi connectivity index (χ2n) is 4.55. The van der Waals surface area contributed by atoms with Crippen LogP contribution in [0.25, 0.3) is 11.1 Å². The van der Waals surface area contributed by atoms with Crippen LogP contribution in [-0.4, -0.2) is 36.4 Å². The summed E-state index contributed by atoms with van der Waals surface area (Å²) in [6, 6.07) is 11.3. The van der Waals surface area contributed by atoms with E-state index >= 15 is 0 Å². The first kappa shape index (κ1) is 12.0. The lowest BCUT2D eigenvalue weighted by atomic mass is 10.1. The van der Waals surface area contributed by atoms with Crippen LogP contribution in [0.15, 0.2) is 42.6 Å². The van der Waals surface area contributed by atoms with E-state index in [1.165, 1.54) is 0 Å². The van der Waals surface area contributed by atoms with E-state index in [1.54, 1.807) is 12.1 Å². The first-order chi connectivity index (χ1) is 9.33. The van der Waals surface area contributed by atoms with Crippen LogP contribution in [0, 0.1) is 0 Å². The zero-order chi connectivity index (χ0) is 13.1. The first-order valence-electron chi connectivity index (χ1n) is 6.41. The molecule has 19 heavy (non-hydrogen) atoms. The monoisotopic (exact) mass is 256 g/mol. The zero-order valence-corrected chi connectivity index (χ0v) is 10.6. The molecule has 4 heteroatoms. The van der Waals surface area contributed by atoms with Crippen molar-refractivity contribution in [2.24, 2.45) is 0 Å². The van der Waals surface area contributed by atoms with Crippen LogP contribution >= 0.6 is 0 Å². The van der Waals surface area contributed by atoms with Gasteiger partial charge in [0.15, 0.2) is 0 Å². The average molecular weight is 256 g/mol. The van der Waals surface area contributed by atoms with E-state index in [2.05, 4.69) is 16.0 Å². The highest BCUT2D eigenvalue weighted by molar-refractivity contribution is 5.67. The van der Waals surface area contributed by atoms with Gasteiger partial charge in [-0.1, -0.05) is 12.1 Å². The minimum absolute atomic E-state index is 0.280. The molecule has 2 heterocycles. The quantitative estimate of drug-likeness (QED) is 0.895. The van der Waals surface area contributed by atoms with Crippen molar-refractivity contribution in [2.75, 3.05) is 31.2 Å². The van der Waals surface area contributed by atoms with Crippen molar-refractivity contribution in [1.82, 2.24) is 4.98 Å². The van der Waals surface area contributed by atoms with E-state index in [4.69, 9.17) is 4.74 Å². The Bertz CT molecular complexity index is 566. The molecule has 0 amide bonds. The number of benzene rings is 1. The van der Waals surface area contributed by atoms with Crippen molar-refractivity contribution < 1.29 is 9.84 Å². The van der Waals surface area contributed by atoms with Gasteiger partial charge >= 0.3 is 0 Å². The third kappa shape index (κ3) is 2.69.